The number of rotatable bonds is 6. The van der Waals surface area contributed by atoms with E-state index in [1.807, 2.05) is 7.05 Å². The first-order chi connectivity index (χ1) is 8.63. The van der Waals surface area contributed by atoms with Crippen molar-refractivity contribution >= 4 is 5.96 Å². The van der Waals surface area contributed by atoms with E-state index in [1.54, 1.807) is 11.8 Å². The number of aromatic nitrogens is 2. The van der Waals surface area contributed by atoms with Crippen LogP contribution in [0, 0.1) is 0 Å². The van der Waals surface area contributed by atoms with Crippen LogP contribution < -0.4 is 15.8 Å². The Labute approximate surface area is 108 Å². The van der Waals surface area contributed by atoms with Gasteiger partial charge in [0.2, 0.25) is 5.88 Å². The van der Waals surface area contributed by atoms with Crippen LogP contribution in [-0.4, -0.2) is 29.4 Å². The summed E-state index contributed by atoms with van der Waals surface area (Å²) in [5, 5.41) is 7.45. The van der Waals surface area contributed by atoms with Crippen molar-refractivity contribution in [2.45, 2.75) is 33.2 Å². The molecule has 0 saturated heterocycles. The molecule has 0 aliphatic carbocycles. The fourth-order valence-corrected chi connectivity index (χ4v) is 1.78. The van der Waals surface area contributed by atoms with Gasteiger partial charge in [0.1, 0.15) is 0 Å². The van der Waals surface area contributed by atoms with E-state index in [4.69, 9.17) is 10.5 Å². The predicted octanol–water partition coefficient (Wildman–Crippen LogP) is 0.805. The van der Waals surface area contributed by atoms with E-state index in [1.165, 1.54) is 0 Å². The normalized spacial score (nSPS) is 11.7. The highest BCUT2D eigenvalue weighted by atomic mass is 16.5. The fourth-order valence-electron chi connectivity index (χ4n) is 1.78. The highest BCUT2D eigenvalue weighted by molar-refractivity contribution is 5.77. The maximum atomic E-state index is 5.77. The van der Waals surface area contributed by atoms with Gasteiger partial charge >= 0.3 is 0 Å². The summed E-state index contributed by atoms with van der Waals surface area (Å²) in [6.07, 6.45) is 1.87. The topological polar surface area (TPSA) is 77.5 Å². The summed E-state index contributed by atoms with van der Waals surface area (Å²) >= 11 is 0. The molecule has 0 saturated carbocycles. The summed E-state index contributed by atoms with van der Waals surface area (Å²) in [7, 11) is 3.51. The predicted molar refractivity (Wildman–Crippen MR) is 72.8 cm³/mol. The largest absolute Gasteiger partial charge is 0.481 e. The molecule has 0 radical (unpaired) electrons. The minimum Gasteiger partial charge on any atom is -0.481 e. The first-order valence-corrected chi connectivity index (χ1v) is 6.26. The Kier molecular flexibility index (Phi) is 5.48. The monoisotopic (exact) mass is 253 g/mol. The molecule has 0 bridgehead atoms. The molecule has 1 aromatic rings. The molecular weight excluding hydrogens is 230 g/mol. The molecule has 6 heteroatoms. The van der Waals surface area contributed by atoms with Gasteiger partial charge in [-0.15, -0.1) is 0 Å². The van der Waals surface area contributed by atoms with Crippen LogP contribution in [0.15, 0.2) is 4.99 Å². The van der Waals surface area contributed by atoms with Crippen LogP contribution >= 0.6 is 0 Å². The van der Waals surface area contributed by atoms with Crippen LogP contribution in [-0.2, 0) is 20.0 Å². The molecule has 1 rings (SSSR count). The van der Waals surface area contributed by atoms with Crippen molar-refractivity contribution in [1.29, 1.82) is 0 Å². The van der Waals surface area contributed by atoms with Gasteiger partial charge in [-0.1, -0.05) is 13.8 Å². The molecule has 0 aliphatic rings. The second-order valence-corrected chi connectivity index (χ2v) is 4.04. The standard InChI is InChI=1S/C12H23N5O/c1-5-7-14-12(13)15-8-9-10(6-2)16-17(3)11(9)18-4/h5-8H2,1-4H3,(H3,13,14,15). The number of nitrogens with two attached hydrogens (primary N) is 1. The van der Waals surface area contributed by atoms with E-state index in [9.17, 15) is 0 Å². The Morgan fingerprint density at radius 3 is 2.78 bits per heavy atom. The molecule has 102 valence electrons. The van der Waals surface area contributed by atoms with Crippen molar-refractivity contribution in [3.05, 3.63) is 11.3 Å². The molecule has 3 N–H and O–H groups in total. The van der Waals surface area contributed by atoms with Gasteiger partial charge in [-0.3, -0.25) is 0 Å². The summed E-state index contributed by atoms with van der Waals surface area (Å²) < 4.78 is 7.08. The molecule has 0 aliphatic heterocycles. The summed E-state index contributed by atoms with van der Waals surface area (Å²) in [5.74, 6) is 1.21. The van der Waals surface area contributed by atoms with Gasteiger partial charge in [-0.2, -0.15) is 5.10 Å². The molecule has 0 fully saturated rings. The second-order valence-electron chi connectivity index (χ2n) is 4.04. The quantitative estimate of drug-likeness (QED) is 0.581. The van der Waals surface area contributed by atoms with Gasteiger partial charge in [0.05, 0.1) is 24.9 Å². The minimum atomic E-state index is 0.463. The second kappa shape index (κ2) is 6.88. The third-order valence-corrected chi connectivity index (χ3v) is 2.66. The summed E-state index contributed by atoms with van der Waals surface area (Å²) in [4.78, 5) is 4.31. The van der Waals surface area contributed by atoms with Crippen molar-refractivity contribution in [3.63, 3.8) is 0 Å². The average Bonchev–Trinajstić information content (AvgIpc) is 2.69. The number of aryl methyl sites for hydroxylation is 2. The molecule has 1 heterocycles. The van der Waals surface area contributed by atoms with Crippen molar-refractivity contribution in [1.82, 2.24) is 15.1 Å². The van der Waals surface area contributed by atoms with E-state index in [0.717, 1.165) is 36.5 Å². The molecule has 0 unspecified atom stereocenters. The Morgan fingerprint density at radius 1 is 1.50 bits per heavy atom. The number of guanidine groups is 1. The SMILES string of the molecule is CCCNC(N)=NCc1c(CC)nn(C)c1OC. The summed E-state index contributed by atoms with van der Waals surface area (Å²) in [5.41, 5.74) is 7.77. The van der Waals surface area contributed by atoms with Crippen molar-refractivity contribution in [2.75, 3.05) is 13.7 Å². The highest BCUT2D eigenvalue weighted by Crippen LogP contribution is 2.22. The van der Waals surface area contributed by atoms with Crippen molar-refractivity contribution < 1.29 is 4.74 Å². The lowest BCUT2D eigenvalue weighted by atomic mass is 10.2. The highest BCUT2D eigenvalue weighted by Gasteiger charge is 2.14. The number of ether oxygens (including phenoxy) is 1. The maximum Gasteiger partial charge on any atom is 0.216 e. The van der Waals surface area contributed by atoms with Crippen LogP contribution in [0.3, 0.4) is 0 Å². The Balaban J connectivity index is 2.82. The van der Waals surface area contributed by atoms with Gasteiger partial charge < -0.3 is 15.8 Å². The first kappa shape index (κ1) is 14.3. The van der Waals surface area contributed by atoms with E-state index in [-0.39, 0.29) is 0 Å². The van der Waals surface area contributed by atoms with Gasteiger partial charge in [-0.25, -0.2) is 9.67 Å². The lowest BCUT2D eigenvalue weighted by Gasteiger charge is -2.05. The molecule has 6 nitrogen and oxygen atoms in total. The number of nitrogens with zero attached hydrogens (tertiary/aromatic N) is 3. The Bertz CT molecular complexity index is 411. The third kappa shape index (κ3) is 3.38. The zero-order valence-corrected chi connectivity index (χ0v) is 11.7. The minimum absolute atomic E-state index is 0.463. The Morgan fingerprint density at radius 2 is 2.22 bits per heavy atom. The third-order valence-electron chi connectivity index (χ3n) is 2.66. The number of hydrogen-bond acceptors (Lipinski definition) is 3. The van der Waals surface area contributed by atoms with Gasteiger partial charge in [0, 0.05) is 13.6 Å². The van der Waals surface area contributed by atoms with Crippen molar-refractivity contribution in [3.8, 4) is 5.88 Å². The van der Waals surface area contributed by atoms with Crippen LogP contribution in [0.1, 0.15) is 31.5 Å². The van der Waals surface area contributed by atoms with E-state index in [0.29, 0.717) is 12.5 Å². The summed E-state index contributed by atoms with van der Waals surface area (Å²) in [6.45, 7) is 5.47. The smallest absolute Gasteiger partial charge is 0.216 e. The first-order valence-electron chi connectivity index (χ1n) is 6.26. The van der Waals surface area contributed by atoms with Crippen LogP contribution in [0.5, 0.6) is 5.88 Å². The van der Waals surface area contributed by atoms with Crippen LogP contribution in [0.25, 0.3) is 0 Å². The van der Waals surface area contributed by atoms with Gasteiger partial charge in [0.25, 0.3) is 0 Å². The van der Waals surface area contributed by atoms with Crippen LogP contribution in [0.2, 0.25) is 0 Å². The zero-order chi connectivity index (χ0) is 13.5. The number of aliphatic imine (C=N–C) groups is 1. The lowest BCUT2D eigenvalue weighted by molar-refractivity contribution is 0.369. The molecule has 0 aromatic carbocycles. The fraction of sp³-hybridized carbons (Fsp3) is 0.667. The van der Waals surface area contributed by atoms with Gasteiger partial charge in [-0.05, 0) is 12.8 Å². The average molecular weight is 253 g/mol. The molecule has 1 aromatic heterocycles. The molecule has 0 spiro atoms. The number of hydrogen-bond donors (Lipinski definition) is 2. The number of methoxy groups -OCH3 is 1. The van der Waals surface area contributed by atoms with Gasteiger partial charge in [0.15, 0.2) is 5.96 Å². The van der Waals surface area contributed by atoms with E-state index < -0.39 is 0 Å². The zero-order valence-electron chi connectivity index (χ0n) is 11.7. The van der Waals surface area contributed by atoms with E-state index >= 15 is 0 Å². The number of nitrogens with one attached hydrogen (secondary N) is 1. The molecule has 0 atom stereocenters. The van der Waals surface area contributed by atoms with E-state index in [2.05, 4.69) is 29.3 Å². The molecule has 18 heavy (non-hydrogen) atoms. The maximum absolute atomic E-state index is 5.77. The molecular formula is C12H23N5O. The lowest BCUT2D eigenvalue weighted by Crippen LogP contribution is -2.32. The Hall–Kier alpha value is -1.72. The van der Waals surface area contributed by atoms with Crippen LogP contribution in [0.4, 0.5) is 0 Å². The van der Waals surface area contributed by atoms with Crippen molar-refractivity contribution in [2.24, 2.45) is 17.8 Å². The molecule has 0 amide bonds. The summed E-state index contributed by atoms with van der Waals surface area (Å²) in [6, 6.07) is 0.